The Balaban J connectivity index is 2.27. The number of nitrogens with zero attached hydrogens (tertiary/aromatic N) is 2. The molecule has 1 heterocycles. The summed E-state index contributed by atoms with van der Waals surface area (Å²) in [5, 5.41) is 10.1. The Labute approximate surface area is 115 Å². The van der Waals surface area contributed by atoms with Crippen LogP contribution in [-0.2, 0) is 0 Å². The van der Waals surface area contributed by atoms with Crippen molar-refractivity contribution in [3.63, 3.8) is 0 Å². The number of nitriles is 1. The molecule has 1 aromatic heterocycles. The van der Waals surface area contributed by atoms with Gasteiger partial charge in [-0.15, -0.1) is 0 Å². The second-order valence-electron chi connectivity index (χ2n) is 4.38. The first kappa shape index (κ1) is 12.2. The van der Waals surface area contributed by atoms with Crippen molar-refractivity contribution < 1.29 is 9.13 Å². The summed E-state index contributed by atoms with van der Waals surface area (Å²) >= 11 is 0. The quantitative estimate of drug-likeness (QED) is 0.710. The van der Waals surface area contributed by atoms with Crippen LogP contribution in [0.15, 0.2) is 48.7 Å². The number of ether oxygens (including phenoxy) is 1. The third-order valence-corrected chi connectivity index (χ3v) is 3.24. The highest BCUT2D eigenvalue weighted by atomic mass is 19.1. The number of benzene rings is 2. The zero-order chi connectivity index (χ0) is 14.1. The van der Waals surface area contributed by atoms with Crippen molar-refractivity contribution in [3.8, 4) is 17.5 Å². The van der Waals surface area contributed by atoms with E-state index in [2.05, 4.69) is 6.07 Å². The molecule has 20 heavy (non-hydrogen) atoms. The number of halogens is 1. The molecule has 98 valence electrons. The lowest BCUT2D eigenvalue weighted by Gasteiger charge is -2.05. The molecule has 0 saturated heterocycles. The van der Waals surface area contributed by atoms with Gasteiger partial charge in [0.15, 0.2) is 0 Å². The van der Waals surface area contributed by atoms with Gasteiger partial charge in [-0.1, -0.05) is 0 Å². The summed E-state index contributed by atoms with van der Waals surface area (Å²) in [5.41, 5.74) is 2.25. The van der Waals surface area contributed by atoms with Gasteiger partial charge in [-0.2, -0.15) is 5.26 Å². The third-order valence-electron chi connectivity index (χ3n) is 3.24. The maximum atomic E-state index is 13.0. The SMILES string of the molecule is COc1ccc2c(c1)c(C#N)cn2-c1ccc(F)cc1. The van der Waals surface area contributed by atoms with Crippen LogP contribution in [0.4, 0.5) is 4.39 Å². The number of aromatic nitrogens is 1. The zero-order valence-corrected chi connectivity index (χ0v) is 10.8. The normalized spacial score (nSPS) is 10.4. The van der Waals surface area contributed by atoms with Gasteiger partial charge in [-0.25, -0.2) is 4.39 Å². The molecule has 0 bridgehead atoms. The fraction of sp³-hybridized carbons (Fsp3) is 0.0625. The van der Waals surface area contributed by atoms with Crippen LogP contribution in [0.2, 0.25) is 0 Å². The van der Waals surface area contributed by atoms with Crippen LogP contribution in [0.1, 0.15) is 5.56 Å². The first-order valence-corrected chi connectivity index (χ1v) is 6.08. The molecule has 0 atom stereocenters. The molecule has 0 radical (unpaired) electrons. The number of hydrogen-bond acceptors (Lipinski definition) is 2. The van der Waals surface area contributed by atoms with Gasteiger partial charge in [0.2, 0.25) is 0 Å². The number of hydrogen-bond donors (Lipinski definition) is 0. The van der Waals surface area contributed by atoms with Crippen LogP contribution >= 0.6 is 0 Å². The van der Waals surface area contributed by atoms with Gasteiger partial charge in [0.25, 0.3) is 0 Å². The topological polar surface area (TPSA) is 37.9 Å². The third kappa shape index (κ3) is 1.90. The molecule has 0 fully saturated rings. The predicted molar refractivity (Wildman–Crippen MR) is 74.5 cm³/mol. The summed E-state index contributed by atoms with van der Waals surface area (Å²) in [5.74, 6) is 0.415. The standard InChI is InChI=1S/C16H11FN2O/c1-20-14-6-7-16-15(8-14)11(9-18)10-19(16)13-4-2-12(17)3-5-13/h2-8,10H,1H3. The zero-order valence-electron chi connectivity index (χ0n) is 10.8. The van der Waals surface area contributed by atoms with Crippen LogP contribution in [0.5, 0.6) is 5.75 Å². The van der Waals surface area contributed by atoms with Crippen molar-refractivity contribution >= 4 is 10.9 Å². The Morgan fingerprint density at radius 1 is 1.15 bits per heavy atom. The molecule has 0 aliphatic rings. The van der Waals surface area contributed by atoms with Crippen molar-refractivity contribution in [3.05, 3.63) is 60.0 Å². The number of methoxy groups -OCH3 is 1. The second kappa shape index (κ2) is 4.71. The van der Waals surface area contributed by atoms with Gasteiger partial charge < -0.3 is 9.30 Å². The van der Waals surface area contributed by atoms with Crippen molar-refractivity contribution in [2.45, 2.75) is 0 Å². The van der Waals surface area contributed by atoms with Crippen molar-refractivity contribution in [1.82, 2.24) is 4.57 Å². The largest absolute Gasteiger partial charge is 0.497 e. The highest BCUT2D eigenvalue weighted by molar-refractivity contribution is 5.89. The van der Waals surface area contributed by atoms with Gasteiger partial charge in [-0.05, 0) is 42.5 Å². The molecule has 3 rings (SSSR count). The Morgan fingerprint density at radius 3 is 2.55 bits per heavy atom. The van der Waals surface area contributed by atoms with E-state index >= 15 is 0 Å². The molecule has 0 aliphatic carbocycles. The molecule has 0 amide bonds. The molecule has 0 saturated carbocycles. The summed E-state index contributed by atoms with van der Waals surface area (Å²) in [6.45, 7) is 0. The molecule has 0 unspecified atom stereocenters. The van der Waals surface area contributed by atoms with Gasteiger partial charge in [0, 0.05) is 17.3 Å². The monoisotopic (exact) mass is 266 g/mol. The molecule has 0 aliphatic heterocycles. The molecule has 0 N–H and O–H groups in total. The first-order valence-electron chi connectivity index (χ1n) is 6.08. The Morgan fingerprint density at radius 2 is 1.90 bits per heavy atom. The summed E-state index contributed by atoms with van der Waals surface area (Å²) in [6.07, 6.45) is 1.75. The van der Waals surface area contributed by atoms with E-state index in [4.69, 9.17) is 4.74 Å². The second-order valence-corrected chi connectivity index (χ2v) is 4.38. The number of fused-ring (bicyclic) bond motifs is 1. The average molecular weight is 266 g/mol. The molecule has 3 nitrogen and oxygen atoms in total. The van der Waals surface area contributed by atoms with Crippen molar-refractivity contribution in [1.29, 1.82) is 5.26 Å². The summed E-state index contributed by atoms with van der Waals surface area (Å²) in [4.78, 5) is 0. The number of rotatable bonds is 2. The lowest BCUT2D eigenvalue weighted by Crippen LogP contribution is -1.91. The fourth-order valence-electron chi connectivity index (χ4n) is 2.24. The summed E-state index contributed by atoms with van der Waals surface area (Å²) < 4.78 is 20.1. The van der Waals surface area contributed by atoms with E-state index in [1.807, 2.05) is 22.8 Å². The van der Waals surface area contributed by atoms with Gasteiger partial charge in [0.1, 0.15) is 17.6 Å². The minimum atomic E-state index is -0.285. The molecule has 4 heteroatoms. The van der Waals surface area contributed by atoms with Crippen LogP contribution < -0.4 is 4.74 Å². The summed E-state index contributed by atoms with van der Waals surface area (Å²) in [6, 6.07) is 13.9. The molecular weight excluding hydrogens is 255 g/mol. The van der Waals surface area contributed by atoms with E-state index in [1.54, 1.807) is 25.4 Å². The van der Waals surface area contributed by atoms with Gasteiger partial charge >= 0.3 is 0 Å². The highest BCUT2D eigenvalue weighted by Crippen LogP contribution is 2.28. The molecule has 3 aromatic rings. The molecular formula is C16H11FN2O. The maximum absolute atomic E-state index is 13.0. The smallest absolute Gasteiger partial charge is 0.123 e. The van der Waals surface area contributed by atoms with E-state index < -0.39 is 0 Å². The fourth-order valence-corrected chi connectivity index (χ4v) is 2.24. The van der Waals surface area contributed by atoms with Crippen LogP contribution in [-0.4, -0.2) is 11.7 Å². The van der Waals surface area contributed by atoms with Crippen LogP contribution in [0, 0.1) is 17.1 Å². The minimum Gasteiger partial charge on any atom is -0.497 e. The van der Waals surface area contributed by atoms with E-state index in [9.17, 15) is 9.65 Å². The van der Waals surface area contributed by atoms with Crippen molar-refractivity contribution in [2.75, 3.05) is 7.11 Å². The Hall–Kier alpha value is -2.80. The van der Waals surface area contributed by atoms with Gasteiger partial charge in [-0.3, -0.25) is 0 Å². The molecule has 0 spiro atoms. The van der Waals surface area contributed by atoms with Gasteiger partial charge in [0.05, 0.1) is 18.2 Å². The van der Waals surface area contributed by atoms with Crippen LogP contribution in [0.25, 0.3) is 16.6 Å². The lowest BCUT2D eigenvalue weighted by molar-refractivity contribution is 0.415. The summed E-state index contributed by atoms with van der Waals surface area (Å²) in [7, 11) is 1.59. The Kier molecular flexibility index (Phi) is 2.88. The van der Waals surface area contributed by atoms with E-state index in [1.165, 1.54) is 12.1 Å². The Bertz CT molecular complexity index is 813. The predicted octanol–water partition coefficient (Wildman–Crippen LogP) is 3.65. The van der Waals surface area contributed by atoms with E-state index in [0.29, 0.717) is 11.3 Å². The average Bonchev–Trinajstić information content (AvgIpc) is 2.86. The highest BCUT2D eigenvalue weighted by Gasteiger charge is 2.10. The van der Waals surface area contributed by atoms with Crippen LogP contribution in [0.3, 0.4) is 0 Å². The first-order chi connectivity index (χ1) is 9.72. The maximum Gasteiger partial charge on any atom is 0.123 e. The lowest BCUT2D eigenvalue weighted by atomic mass is 10.2. The van der Waals surface area contributed by atoms with E-state index in [0.717, 1.165) is 16.6 Å². The molecule has 2 aromatic carbocycles. The van der Waals surface area contributed by atoms with E-state index in [-0.39, 0.29) is 5.82 Å². The van der Waals surface area contributed by atoms with Crippen molar-refractivity contribution in [2.24, 2.45) is 0 Å². The minimum absolute atomic E-state index is 0.285.